The summed E-state index contributed by atoms with van der Waals surface area (Å²) in [6, 6.07) is 5.56. The Bertz CT molecular complexity index is 481. The largest absolute Gasteiger partial charge is 0.493 e. The highest BCUT2D eigenvalue weighted by molar-refractivity contribution is 6.00. The van der Waals surface area contributed by atoms with Crippen LogP contribution in [0.25, 0.3) is 0 Å². The van der Waals surface area contributed by atoms with Gasteiger partial charge < -0.3 is 9.47 Å². The van der Waals surface area contributed by atoms with E-state index in [1.54, 1.807) is 0 Å². The minimum Gasteiger partial charge on any atom is -0.493 e. The number of carbonyl (C=O) groups excluding carboxylic acids is 1. The van der Waals surface area contributed by atoms with Crippen LogP contribution in [-0.4, -0.2) is 43.5 Å². The lowest BCUT2D eigenvalue weighted by molar-refractivity contribution is 0.0941. The van der Waals surface area contributed by atoms with Crippen LogP contribution < -0.4 is 9.47 Å². The Morgan fingerprint density at radius 2 is 1.77 bits per heavy atom. The molecule has 0 bridgehead atoms. The quantitative estimate of drug-likeness (QED) is 0.654. The number of likely N-dealkylation sites (tertiary alicyclic amines) is 1. The van der Waals surface area contributed by atoms with Gasteiger partial charge in [0.25, 0.3) is 0 Å². The van der Waals surface area contributed by atoms with E-state index in [9.17, 15) is 4.79 Å². The molecular weight excluding hydrogens is 278 g/mol. The van der Waals surface area contributed by atoms with Gasteiger partial charge >= 0.3 is 0 Å². The van der Waals surface area contributed by atoms with Gasteiger partial charge in [0, 0.05) is 6.07 Å². The fraction of sp³-hybridized carbons (Fsp3) is 0.611. The van der Waals surface area contributed by atoms with E-state index in [0.717, 1.165) is 31.7 Å². The van der Waals surface area contributed by atoms with Crippen molar-refractivity contribution in [1.29, 1.82) is 0 Å². The van der Waals surface area contributed by atoms with Gasteiger partial charge in [0.05, 0.1) is 25.3 Å². The molecule has 1 aliphatic rings. The van der Waals surface area contributed by atoms with Gasteiger partial charge in [-0.15, -0.1) is 0 Å². The average Bonchev–Trinajstić information content (AvgIpc) is 3.03. The average molecular weight is 305 g/mol. The Morgan fingerprint density at radius 3 is 2.45 bits per heavy atom. The Morgan fingerprint density at radius 1 is 1.09 bits per heavy atom. The van der Waals surface area contributed by atoms with Crippen molar-refractivity contribution in [1.82, 2.24) is 4.90 Å². The van der Waals surface area contributed by atoms with Crippen LogP contribution >= 0.6 is 0 Å². The van der Waals surface area contributed by atoms with Gasteiger partial charge in [-0.05, 0) is 50.9 Å². The van der Waals surface area contributed by atoms with Crippen molar-refractivity contribution in [3.8, 4) is 11.5 Å². The summed E-state index contributed by atoms with van der Waals surface area (Å²) in [4.78, 5) is 14.8. The maximum atomic E-state index is 12.5. The van der Waals surface area contributed by atoms with Crippen molar-refractivity contribution in [3.63, 3.8) is 0 Å². The third kappa shape index (κ3) is 4.73. The molecule has 122 valence electrons. The summed E-state index contributed by atoms with van der Waals surface area (Å²) in [5, 5.41) is 0. The van der Waals surface area contributed by atoms with Gasteiger partial charge in [-0.3, -0.25) is 9.69 Å². The molecule has 22 heavy (non-hydrogen) atoms. The standard InChI is InChI=1S/C18H27NO3/c1-3-11-21-15-7-8-16(18(13-15)22-12-4-2)17(20)14-19-9-5-6-10-19/h7-8,13H,3-6,9-12,14H2,1-2H3. The Kier molecular flexibility index (Phi) is 6.72. The van der Waals surface area contributed by atoms with Crippen molar-refractivity contribution in [2.45, 2.75) is 39.5 Å². The first-order valence-corrected chi connectivity index (χ1v) is 8.39. The number of benzene rings is 1. The summed E-state index contributed by atoms with van der Waals surface area (Å²) < 4.78 is 11.4. The van der Waals surface area contributed by atoms with E-state index in [1.807, 2.05) is 18.2 Å². The Labute approximate surface area is 133 Å². The molecule has 0 atom stereocenters. The molecule has 0 amide bonds. The number of hydrogen-bond donors (Lipinski definition) is 0. The first kappa shape index (κ1) is 16.8. The summed E-state index contributed by atoms with van der Waals surface area (Å²) in [6.45, 7) is 7.95. The fourth-order valence-electron chi connectivity index (χ4n) is 2.60. The summed E-state index contributed by atoms with van der Waals surface area (Å²) in [5.74, 6) is 1.56. The van der Waals surface area contributed by atoms with Crippen LogP contribution in [0.15, 0.2) is 18.2 Å². The van der Waals surface area contributed by atoms with Gasteiger partial charge in [0.1, 0.15) is 11.5 Å². The molecule has 1 aliphatic heterocycles. The lowest BCUT2D eigenvalue weighted by Crippen LogP contribution is -2.27. The predicted octanol–water partition coefficient (Wildman–Crippen LogP) is 3.54. The first-order chi connectivity index (χ1) is 10.7. The van der Waals surface area contributed by atoms with E-state index < -0.39 is 0 Å². The van der Waals surface area contributed by atoms with E-state index >= 15 is 0 Å². The monoisotopic (exact) mass is 305 g/mol. The second-order valence-corrected chi connectivity index (χ2v) is 5.76. The molecule has 0 saturated carbocycles. The topological polar surface area (TPSA) is 38.8 Å². The number of hydrogen-bond acceptors (Lipinski definition) is 4. The van der Waals surface area contributed by atoms with E-state index in [0.29, 0.717) is 31.1 Å². The van der Waals surface area contributed by atoms with Gasteiger partial charge in [-0.2, -0.15) is 0 Å². The smallest absolute Gasteiger partial charge is 0.180 e. The minimum atomic E-state index is 0.134. The number of nitrogens with zero attached hydrogens (tertiary/aromatic N) is 1. The van der Waals surface area contributed by atoms with Crippen LogP contribution in [0.1, 0.15) is 49.9 Å². The van der Waals surface area contributed by atoms with Crippen LogP contribution in [0.2, 0.25) is 0 Å². The van der Waals surface area contributed by atoms with Crippen molar-refractivity contribution in [3.05, 3.63) is 23.8 Å². The zero-order valence-corrected chi connectivity index (χ0v) is 13.8. The molecule has 1 aromatic carbocycles. The summed E-state index contributed by atoms with van der Waals surface area (Å²) in [5.41, 5.74) is 0.671. The molecule has 1 aromatic rings. The van der Waals surface area contributed by atoms with E-state index in [1.165, 1.54) is 12.8 Å². The maximum Gasteiger partial charge on any atom is 0.180 e. The highest BCUT2D eigenvalue weighted by atomic mass is 16.5. The normalized spacial score (nSPS) is 15.0. The SMILES string of the molecule is CCCOc1ccc(C(=O)CN2CCCC2)c(OCCC)c1. The van der Waals surface area contributed by atoms with Crippen LogP contribution in [0.3, 0.4) is 0 Å². The predicted molar refractivity (Wildman–Crippen MR) is 88.0 cm³/mol. The molecule has 0 aromatic heterocycles. The van der Waals surface area contributed by atoms with Crippen molar-refractivity contribution in [2.24, 2.45) is 0 Å². The van der Waals surface area contributed by atoms with Crippen LogP contribution in [-0.2, 0) is 0 Å². The molecule has 0 aliphatic carbocycles. The van der Waals surface area contributed by atoms with Crippen LogP contribution in [0.4, 0.5) is 0 Å². The van der Waals surface area contributed by atoms with Gasteiger partial charge in [-0.25, -0.2) is 0 Å². The van der Waals surface area contributed by atoms with E-state index in [2.05, 4.69) is 18.7 Å². The second-order valence-electron chi connectivity index (χ2n) is 5.76. The number of ether oxygens (including phenoxy) is 2. The number of rotatable bonds is 9. The highest BCUT2D eigenvalue weighted by Crippen LogP contribution is 2.26. The first-order valence-electron chi connectivity index (χ1n) is 8.39. The molecule has 2 rings (SSSR count). The lowest BCUT2D eigenvalue weighted by atomic mass is 10.1. The highest BCUT2D eigenvalue weighted by Gasteiger charge is 2.19. The van der Waals surface area contributed by atoms with Gasteiger partial charge in [-0.1, -0.05) is 13.8 Å². The third-order valence-corrected chi connectivity index (χ3v) is 3.75. The molecule has 0 radical (unpaired) electrons. The molecule has 0 N–H and O–H groups in total. The molecule has 0 unspecified atom stereocenters. The van der Waals surface area contributed by atoms with Crippen LogP contribution in [0.5, 0.6) is 11.5 Å². The maximum absolute atomic E-state index is 12.5. The summed E-state index contributed by atoms with van der Waals surface area (Å²) in [6.07, 6.45) is 4.26. The third-order valence-electron chi connectivity index (χ3n) is 3.75. The van der Waals surface area contributed by atoms with Gasteiger partial charge in [0.15, 0.2) is 5.78 Å². The molecule has 4 nitrogen and oxygen atoms in total. The van der Waals surface area contributed by atoms with Crippen molar-refractivity contribution < 1.29 is 14.3 Å². The molecule has 1 fully saturated rings. The zero-order valence-electron chi connectivity index (χ0n) is 13.8. The molecule has 0 spiro atoms. The molecule has 1 heterocycles. The van der Waals surface area contributed by atoms with Gasteiger partial charge in [0.2, 0.25) is 0 Å². The Hall–Kier alpha value is -1.55. The van der Waals surface area contributed by atoms with Crippen LogP contribution in [0, 0.1) is 0 Å². The van der Waals surface area contributed by atoms with E-state index in [-0.39, 0.29) is 5.78 Å². The lowest BCUT2D eigenvalue weighted by Gasteiger charge is -2.16. The fourth-order valence-corrected chi connectivity index (χ4v) is 2.60. The molecule has 4 heteroatoms. The van der Waals surface area contributed by atoms with Crippen molar-refractivity contribution >= 4 is 5.78 Å². The number of Topliss-reactive ketones (excluding diaryl/α,β-unsaturated/α-hetero) is 1. The number of ketones is 1. The van der Waals surface area contributed by atoms with Crippen molar-refractivity contribution in [2.75, 3.05) is 32.8 Å². The van der Waals surface area contributed by atoms with E-state index in [4.69, 9.17) is 9.47 Å². The number of carbonyl (C=O) groups is 1. The Balaban J connectivity index is 2.10. The summed E-state index contributed by atoms with van der Waals surface area (Å²) >= 11 is 0. The zero-order chi connectivity index (χ0) is 15.8. The minimum absolute atomic E-state index is 0.134. The molecular formula is C18H27NO3. The second kappa shape index (κ2) is 8.79. The summed E-state index contributed by atoms with van der Waals surface area (Å²) in [7, 11) is 0. The molecule has 1 saturated heterocycles.